The molecule has 0 unspecified atom stereocenters. The van der Waals surface area contributed by atoms with Gasteiger partial charge in [-0.2, -0.15) is 22.1 Å². The third kappa shape index (κ3) is 4.31. The second-order valence-electron chi connectivity index (χ2n) is 7.55. The van der Waals surface area contributed by atoms with E-state index in [0.29, 0.717) is 51.9 Å². The van der Waals surface area contributed by atoms with Crippen LogP contribution in [0.2, 0.25) is 0 Å². The average Bonchev–Trinajstić information content (AvgIpc) is 3.13. The predicted molar refractivity (Wildman–Crippen MR) is 97.7 cm³/mol. The van der Waals surface area contributed by atoms with E-state index < -0.39 is 15.8 Å². The third-order valence-electron chi connectivity index (χ3n) is 5.62. The fraction of sp³-hybridized carbons (Fsp3) is 0.812. The van der Waals surface area contributed by atoms with Crippen molar-refractivity contribution < 1.29 is 18.3 Å². The van der Waals surface area contributed by atoms with Crippen LogP contribution >= 0.6 is 0 Å². The Hall–Kier alpha value is -1.56. The van der Waals surface area contributed by atoms with Crippen LogP contribution < -0.4 is 0 Å². The van der Waals surface area contributed by atoms with Crippen LogP contribution in [-0.2, 0) is 21.5 Å². The maximum Gasteiger partial charge on any atom is 0.281 e. The van der Waals surface area contributed by atoms with E-state index in [4.69, 9.17) is 0 Å². The van der Waals surface area contributed by atoms with Crippen molar-refractivity contribution in [2.75, 3.05) is 40.3 Å². The maximum absolute atomic E-state index is 12.6. The van der Waals surface area contributed by atoms with Crippen molar-refractivity contribution in [1.29, 1.82) is 0 Å². The summed E-state index contributed by atoms with van der Waals surface area (Å²) in [5, 5.41) is 14.9. The topological polar surface area (TPSA) is 112 Å². The Balaban J connectivity index is 1.57. The summed E-state index contributed by atoms with van der Waals surface area (Å²) in [7, 11) is -0.514. The van der Waals surface area contributed by atoms with Crippen LogP contribution in [0.5, 0.6) is 0 Å². The number of hydrogen-bond donors (Lipinski definition) is 1. The lowest BCUT2D eigenvalue weighted by molar-refractivity contribution is -0.144. The van der Waals surface area contributed by atoms with Crippen LogP contribution in [0.4, 0.5) is 0 Å². The lowest BCUT2D eigenvalue weighted by atomic mass is 9.76. The zero-order valence-corrected chi connectivity index (χ0v) is 16.7. The van der Waals surface area contributed by atoms with Gasteiger partial charge in [0.15, 0.2) is 0 Å². The molecule has 2 aliphatic rings. The fourth-order valence-electron chi connectivity index (χ4n) is 3.84. The molecule has 2 saturated heterocycles. The molecule has 1 aromatic rings. The molecule has 2 aliphatic heterocycles. The Labute approximate surface area is 159 Å². The highest BCUT2D eigenvalue weighted by atomic mass is 32.2. The molecule has 1 N–H and O–H groups in total. The summed E-state index contributed by atoms with van der Waals surface area (Å²) in [6.45, 7) is 2.06. The van der Waals surface area contributed by atoms with E-state index in [1.54, 1.807) is 15.9 Å². The predicted octanol–water partition coefficient (Wildman–Crippen LogP) is -0.850. The number of amides is 1. The van der Waals surface area contributed by atoms with Crippen molar-refractivity contribution in [2.24, 2.45) is 5.92 Å². The van der Waals surface area contributed by atoms with E-state index in [-0.39, 0.29) is 18.4 Å². The normalized spacial score (nSPS) is 27.0. The average molecular weight is 401 g/mol. The van der Waals surface area contributed by atoms with Gasteiger partial charge < -0.3 is 10.0 Å². The maximum atomic E-state index is 12.6. The minimum Gasteiger partial charge on any atom is -0.389 e. The quantitative estimate of drug-likeness (QED) is 0.666. The molecular weight excluding hydrogens is 372 g/mol. The lowest BCUT2D eigenvalue weighted by Gasteiger charge is -2.50. The molecule has 1 aromatic heterocycles. The molecule has 1 amide bonds. The Morgan fingerprint density at radius 3 is 2.70 bits per heavy atom. The van der Waals surface area contributed by atoms with Crippen molar-refractivity contribution in [2.45, 2.75) is 37.8 Å². The van der Waals surface area contributed by atoms with Crippen molar-refractivity contribution in [1.82, 2.24) is 28.3 Å². The molecule has 3 rings (SSSR count). The smallest absolute Gasteiger partial charge is 0.281 e. The zero-order chi connectivity index (χ0) is 19.7. The Morgan fingerprint density at radius 2 is 2.04 bits per heavy atom. The van der Waals surface area contributed by atoms with Gasteiger partial charge in [0.25, 0.3) is 10.2 Å². The molecule has 0 saturated carbocycles. The number of aliphatic hydroxyl groups is 1. The van der Waals surface area contributed by atoms with Crippen LogP contribution in [0, 0.1) is 5.92 Å². The van der Waals surface area contributed by atoms with Gasteiger partial charge in [0.05, 0.1) is 5.60 Å². The molecule has 0 aromatic carbocycles. The molecule has 2 atom stereocenters. The molecule has 27 heavy (non-hydrogen) atoms. The van der Waals surface area contributed by atoms with Gasteiger partial charge in [-0.25, -0.2) is 4.98 Å². The molecule has 0 radical (unpaired) electrons. The monoisotopic (exact) mass is 400 g/mol. The second kappa shape index (κ2) is 7.82. The van der Waals surface area contributed by atoms with Gasteiger partial charge in [0.1, 0.15) is 12.7 Å². The van der Waals surface area contributed by atoms with Gasteiger partial charge >= 0.3 is 0 Å². The van der Waals surface area contributed by atoms with Crippen molar-refractivity contribution in [3.63, 3.8) is 0 Å². The lowest BCUT2D eigenvalue weighted by Crippen LogP contribution is -2.62. The summed E-state index contributed by atoms with van der Waals surface area (Å²) >= 11 is 0. The first kappa shape index (κ1) is 20.2. The third-order valence-corrected chi connectivity index (χ3v) is 7.53. The highest BCUT2D eigenvalue weighted by Crippen LogP contribution is 2.36. The first-order chi connectivity index (χ1) is 12.7. The molecule has 0 bridgehead atoms. The number of nitrogens with zero attached hydrogens (tertiary/aromatic N) is 6. The molecular formula is C16H28N6O4S. The van der Waals surface area contributed by atoms with Gasteiger partial charge in [0.2, 0.25) is 5.91 Å². The molecule has 2 fully saturated rings. The molecule has 11 heteroatoms. The number of aryl methyl sites for hydroxylation is 1. The number of carbonyl (C=O) groups excluding carboxylic acids is 1. The fourth-order valence-corrected chi connectivity index (χ4v) is 4.99. The number of likely N-dealkylation sites (tertiary alicyclic amines) is 1. The highest BCUT2D eigenvalue weighted by molar-refractivity contribution is 7.86. The molecule has 3 heterocycles. The number of fused-ring (bicyclic) bond motifs is 1. The van der Waals surface area contributed by atoms with Gasteiger partial charge in [-0.3, -0.25) is 9.48 Å². The van der Waals surface area contributed by atoms with Crippen LogP contribution in [-0.4, -0.2) is 93.6 Å². The van der Waals surface area contributed by atoms with Gasteiger partial charge in [-0.1, -0.05) is 0 Å². The van der Waals surface area contributed by atoms with E-state index in [2.05, 4.69) is 10.1 Å². The zero-order valence-electron chi connectivity index (χ0n) is 15.9. The van der Waals surface area contributed by atoms with Crippen molar-refractivity contribution in [3.8, 4) is 0 Å². The molecule has 0 spiro atoms. The van der Waals surface area contributed by atoms with E-state index in [9.17, 15) is 18.3 Å². The van der Waals surface area contributed by atoms with Crippen LogP contribution in [0.3, 0.4) is 0 Å². The summed E-state index contributed by atoms with van der Waals surface area (Å²) in [6, 6.07) is 0. The number of carbonyl (C=O) groups is 1. The first-order valence-electron chi connectivity index (χ1n) is 9.22. The first-order valence-corrected chi connectivity index (χ1v) is 10.6. The Morgan fingerprint density at radius 1 is 1.30 bits per heavy atom. The summed E-state index contributed by atoms with van der Waals surface area (Å²) < 4.78 is 29.1. The van der Waals surface area contributed by atoms with Crippen molar-refractivity contribution >= 4 is 16.1 Å². The minimum absolute atomic E-state index is 0.0322. The summed E-state index contributed by atoms with van der Waals surface area (Å²) in [4.78, 5) is 18.2. The second-order valence-corrected chi connectivity index (χ2v) is 9.69. The van der Waals surface area contributed by atoms with E-state index in [0.717, 1.165) is 0 Å². The largest absolute Gasteiger partial charge is 0.389 e. The van der Waals surface area contributed by atoms with Gasteiger partial charge in [-0.05, 0) is 19.3 Å². The number of rotatable bonds is 6. The van der Waals surface area contributed by atoms with Crippen LogP contribution in [0.15, 0.2) is 12.7 Å². The SMILES string of the molecule is CN(C)S(=O)(=O)N1CC[C@@]2(O)CCN(C(=O)CCCn3cncn3)C[C@H]2C1. The summed E-state index contributed by atoms with van der Waals surface area (Å²) in [5.41, 5.74) is -0.893. The van der Waals surface area contributed by atoms with E-state index in [1.807, 2.05) is 0 Å². The van der Waals surface area contributed by atoms with Crippen LogP contribution in [0.25, 0.3) is 0 Å². The van der Waals surface area contributed by atoms with Gasteiger partial charge in [0, 0.05) is 59.2 Å². The molecule has 152 valence electrons. The Bertz CT molecular complexity index is 753. The van der Waals surface area contributed by atoms with Gasteiger partial charge in [-0.15, -0.1) is 0 Å². The molecule has 10 nitrogen and oxygen atoms in total. The van der Waals surface area contributed by atoms with Crippen LogP contribution in [0.1, 0.15) is 25.7 Å². The van der Waals surface area contributed by atoms with Crippen molar-refractivity contribution in [3.05, 3.63) is 12.7 Å². The Kier molecular flexibility index (Phi) is 5.84. The number of piperidine rings is 2. The molecule has 0 aliphatic carbocycles. The standard InChI is InChI=1S/C16H28N6O4S/c1-19(2)27(25,26)22-9-6-16(24)5-8-20(10-14(16)11-22)15(23)4-3-7-21-13-17-12-18-21/h12-14,24H,3-11H2,1-2H3/t14-,16-/m0/s1. The summed E-state index contributed by atoms with van der Waals surface area (Å²) in [6.07, 6.45) is 5.03. The number of hydrogen-bond acceptors (Lipinski definition) is 6. The summed E-state index contributed by atoms with van der Waals surface area (Å²) in [5.74, 6) is -0.237. The highest BCUT2D eigenvalue weighted by Gasteiger charge is 2.48. The number of aromatic nitrogens is 3. The minimum atomic E-state index is -3.52. The van der Waals surface area contributed by atoms with E-state index in [1.165, 1.54) is 29.0 Å². The van der Waals surface area contributed by atoms with E-state index >= 15 is 0 Å².